The Morgan fingerprint density at radius 2 is 1.88 bits per heavy atom. The Balaban J connectivity index is 1.41. The summed E-state index contributed by atoms with van der Waals surface area (Å²) in [6, 6.07) is 12.6. The van der Waals surface area contributed by atoms with Gasteiger partial charge in [-0.15, -0.1) is 0 Å². The van der Waals surface area contributed by atoms with E-state index in [2.05, 4.69) is 10.3 Å². The molecule has 2 N–H and O–H groups in total. The molecule has 0 amide bonds. The van der Waals surface area contributed by atoms with Gasteiger partial charge in [0.25, 0.3) is 0 Å². The number of aryl methyl sites for hydroxylation is 2. The van der Waals surface area contributed by atoms with E-state index in [1.54, 1.807) is 13.3 Å². The lowest BCUT2D eigenvalue weighted by atomic mass is 9.69. The Kier molecular flexibility index (Phi) is 8.41. The van der Waals surface area contributed by atoms with Crippen LogP contribution in [0.4, 0.5) is 4.39 Å². The molecule has 0 saturated carbocycles. The van der Waals surface area contributed by atoms with E-state index in [1.807, 2.05) is 30.3 Å². The number of pyridine rings is 1. The summed E-state index contributed by atoms with van der Waals surface area (Å²) in [6.45, 7) is 1.87. The maximum Gasteiger partial charge on any atom is 0.123 e. The SMILES string of the molecule is COc1ccc2ncc(Cl)c(CCCC3(C(O)CCCc4ccc(F)cc4)CCNCC3)c2c1. The zero-order valence-electron chi connectivity index (χ0n) is 19.8. The van der Waals surface area contributed by atoms with Gasteiger partial charge in [-0.05, 0) is 111 Å². The maximum absolute atomic E-state index is 13.2. The first-order valence-corrected chi connectivity index (χ1v) is 12.6. The zero-order valence-corrected chi connectivity index (χ0v) is 20.6. The Bertz CT molecular complexity index is 1080. The Morgan fingerprint density at radius 3 is 2.62 bits per heavy atom. The molecule has 2 aromatic carbocycles. The average Bonchev–Trinajstić information content (AvgIpc) is 2.86. The first kappa shape index (κ1) is 24.9. The number of benzene rings is 2. The first-order valence-electron chi connectivity index (χ1n) is 12.3. The van der Waals surface area contributed by atoms with Crippen LogP contribution >= 0.6 is 11.6 Å². The topological polar surface area (TPSA) is 54.4 Å². The summed E-state index contributed by atoms with van der Waals surface area (Å²) < 4.78 is 18.6. The van der Waals surface area contributed by atoms with Crippen LogP contribution in [0.1, 0.15) is 49.7 Å². The molecule has 1 aromatic heterocycles. The molecule has 0 bridgehead atoms. The van der Waals surface area contributed by atoms with Crippen LogP contribution in [0.15, 0.2) is 48.7 Å². The molecule has 1 unspecified atom stereocenters. The van der Waals surface area contributed by atoms with Crippen molar-refractivity contribution in [2.75, 3.05) is 20.2 Å². The molecule has 1 aliphatic heterocycles. The smallest absolute Gasteiger partial charge is 0.123 e. The maximum atomic E-state index is 13.2. The number of aliphatic hydroxyl groups is 1. The van der Waals surface area contributed by atoms with Gasteiger partial charge in [-0.25, -0.2) is 4.39 Å². The number of nitrogens with one attached hydrogen (secondary N) is 1. The highest BCUT2D eigenvalue weighted by Gasteiger charge is 2.38. The second-order valence-corrected chi connectivity index (χ2v) is 9.88. The van der Waals surface area contributed by atoms with Crippen LogP contribution in [0.3, 0.4) is 0 Å². The number of methoxy groups -OCH3 is 1. The quantitative estimate of drug-likeness (QED) is 0.364. The van der Waals surface area contributed by atoms with Gasteiger partial charge in [0.05, 0.1) is 23.8 Å². The lowest BCUT2D eigenvalue weighted by Crippen LogP contribution is -2.44. The van der Waals surface area contributed by atoms with E-state index in [0.717, 1.165) is 92.2 Å². The number of fused-ring (bicyclic) bond motifs is 1. The molecule has 34 heavy (non-hydrogen) atoms. The van der Waals surface area contributed by atoms with E-state index in [-0.39, 0.29) is 17.3 Å². The Hall–Kier alpha value is -2.21. The number of halogens is 2. The van der Waals surface area contributed by atoms with Crippen molar-refractivity contribution in [2.45, 2.75) is 57.5 Å². The van der Waals surface area contributed by atoms with Gasteiger partial charge in [-0.3, -0.25) is 4.98 Å². The second-order valence-electron chi connectivity index (χ2n) is 9.47. The zero-order chi connectivity index (χ0) is 24.0. The molecule has 0 radical (unpaired) electrons. The number of hydrogen-bond donors (Lipinski definition) is 2. The summed E-state index contributed by atoms with van der Waals surface area (Å²) in [4.78, 5) is 4.46. The molecule has 4 rings (SSSR count). The fourth-order valence-corrected chi connectivity index (χ4v) is 5.58. The number of nitrogens with zero attached hydrogens (tertiary/aromatic N) is 1. The third kappa shape index (κ3) is 5.88. The normalized spacial score (nSPS) is 16.5. The van der Waals surface area contributed by atoms with Crippen molar-refractivity contribution in [2.24, 2.45) is 5.41 Å². The molecule has 6 heteroatoms. The molecule has 1 aliphatic rings. The van der Waals surface area contributed by atoms with Crippen LogP contribution in [0.2, 0.25) is 5.02 Å². The third-order valence-electron chi connectivity index (χ3n) is 7.40. The number of ether oxygens (including phenoxy) is 1. The monoisotopic (exact) mass is 484 g/mol. The molecule has 4 nitrogen and oxygen atoms in total. The van der Waals surface area contributed by atoms with E-state index >= 15 is 0 Å². The molecule has 0 aliphatic carbocycles. The fraction of sp³-hybridized carbons (Fsp3) is 0.464. The van der Waals surface area contributed by atoms with Crippen LogP contribution in [-0.2, 0) is 12.8 Å². The predicted octanol–water partition coefficient (Wildman–Crippen LogP) is 6.11. The average molecular weight is 485 g/mol. The van der Waals surface area contributed by atoms with Gasteiger partial charge in [0.15, 0.2) is 0 Å². The van der Waals surface area contributed by atoms with Gasteiger partial charge in [0, 0.05) is 11.6 Å². The largest absolute Gasteiger partial charge is 0.497 e. The molecule has 1 atom stereocenters. The van der Waals surface area contributed by atoms with Crippen LogP contribution in [0.25, 0.3) is 10.9 Å². The first-order chi connectivity index (χ1) is 16.5. The van der Waals surface area contributed by atoms with Gasteiger partial charge < -0.3 is 15.2 Å². The molecule has 3 aromatic rings. The molecule has 1 fully saturated rings. The summed E-state index contributed by atoms with van der Waals surface area (Å²) in [5.41, 5.74) is 3.04. The van der Waals surface area contributed by atoms with E-state index in [4.69, 9.17) is 16.3 Å². The fourth-order valence-electron chi connectivity index (χ4n) is 5.33. The summed E-state index contributed by atoms with van der Waals surface area (Å²) in [5, 5.41) is 16.5. The van der Waals surface area contributed by atoms with Gasteiger partial charge in [-0.2, -0.15) is 0 Å². The van der Waals surface area contributed by atoms with Gasteiger partial charge in [0.2, 0.25) is 0 Å². The number of hydrogen-bond acceptors (Lipinski definition) is 4. The minimum Gasteiger partial charge on any atom is -0.497 e. The molecule has 1 saturated heterocycles. The highest BCUT2D eigenvalue weighted by molar-refractivity contribution is 6.32. The Labute approximate surface area is 206 Å². The van der Waals surface area contributed by atoms with Crippen LogP contribution in [0.5, 0.6) is 5.75 Å². The highest BCUT2D eigenvalue weighted by atomic mass is 35.5. The van der Waals surface area contributed by atoms with Crippen molar-refractivity contribution in [1.82, 2.24) is 10.3 Å². The van der Waals surface area contributed by atoms with Crippen molar-refractivity contribution in [1.29, 1.82) is 0 Å². The van der Waals surface area contributed by atoms with E-state index in [0.29, 0.717) is 5.02 Å². The Morgan fingerprint density at radius 1 is 1.12 bits per heavy atom. The van der Waals surface area contributed by atoms with Crippen molar-refractivity contribution >= 4 is 22.5 Å². The van der Waals surface area contributed by atoms with E-state index in [1.165, 1.54) is 12.1 Å². The molecular weight excluding hydrogens is 451 g/mol. The lowest BCUT2D eigenvalue weighted by Gasteiger charge is -2.42. The number of rotatable bonds is 10. The number of aromatic nitrogens is 1. The predicted molar refractivity (Wildman–Crippen MR) is 136 cm³/mol. The molecule has 0 spiro atoms. The van der Waals surface area contributed by atoms with Gasteiger partial charge >= 0.3 is 0 Å². The summed E-state index contributed by atoms with van der Waals surface area (Å²) in [5.74, 6) is 0.585. The molecular formula is C28H34ClFN2O2. The van der Waals surface area contributed by atoms with Gasteiger partial charge in [0.1, 0.15) is 11.6 Å². The van der Waals surface area contributed by atoms with Gasteiger partial charge in [-0.1, -0.05) is 23.7 Å². The molecule has 2 heterocycles. The van der Waals surface area contributed by atoms with Crippen molar-refractivity contribution < 1.29 is 14.2 Å². The van der Waals surface area contributed by atoms with E-state index in [9.17, 15) is 9.50 Å². The van der Waals surface area contributed by atoms with Crippen LogP contribution in [-0.4, -0.2) is 36.4 Å². The van der Waals surface area contributed by atoms with Crippen LogP contribution < -0.4 is 10.1 Å². The van der Waals surface area contributed by atoms with Crippen molar-refractivity contribution in [3.63, 3.8) is 0 Å². The standard InChI is InChI=1S/C28H34ClFN2O2/c1-34-22-11-12-26-24(18-22)23(25(29)19-32-26)5-3-13-28(14-16-31-17-15-28)27(33)6-2-4-20-7-9-21(30)10-8-20/h7-12,18-19,27,31,33H,2-6,13-17H2,1H3. The van der Waals surface area contributed by atoms with E-state index < -0.39 is 0 Å². The summed E-state index contributed by atoms with van der Waals surface area (Å²) in [6.07, 6.45) is 8.58. The van der Waals surface area contributed by atoms with Crippen LogP contribution in [0, 0.1) is 11.2 Å². The number of aliphatic hydroxyl groups excluding tert-OH is 1. The summed E-state index contributed by atoms with van der Waals surface area (Å²) >= 11 is 6.57. The minimum absolute atomic E-state index is 0.0823. The lowest BCUT2D eigenvalue weighted by molar-refractivity contribution is -0.0131. The highest BCUT2D eigenvalue weighted by Crippen LogP contribution is 2.40. The minimum atomic E-state index is -0.347. The molecule has 182 valence electrons. The van der Waals surface area contributed by atoms with Crippen molar-refractivity contribution in [3.8, 4) is 5.75 Å². The second kappa shape index (κ2) is 11.5. The summed E-state index contributed by atoms with van der Waals surface area (Å²) in [7, 11) is 1.66. The number of piperidine rings is 1. The van der Waals surface area contributed by atoms with Crippen molar-refractivity contribution in [3.05, 3.63) is 70.6 Å². The third-order valence-corrected chi connectivity index (χ3v) is 7.72.